The van der Waals surface area contributed by atoms with Gasteiger partial charge >= 0.3 is 0 Å². The molecule has 1 amide bonds. The number of hydrogen-bond acceptors (Lipinski definition) is 3. The first-order valence-electron chi connectivity index (χ1n) is 9.49. The zero-order chi connectivity index (χ0) is 19.4. The molecule has 0 aromatic heterocycles. The summed E-state index contributed by atoms with van der Waals surface area (Å²) in [7, 11) is -3.32. The standard InChI is InChI=1S/C22H27NO3S/c1-17-9-10-18(2)21(13-17)16-27(25,26)15-19-7-6-8-20(14-19)22(24)23-11-4-3-5-12-23/h6-10,13-14H,3-5,11-12,15-16H2,1-2H3. The number of amides is 1. The van der Waals surface area contributed by atoms with Crippen molar-refractivity contribution in [1.29, 1.82) is 0 Å². The van der Waals surface area contributed by atoms with Crippen LogP contribution in [-0.4, -0.2) is 32.3 Å². The highest BCUT2D eigenvalue weighted by atomic mass is 32.2. The third-order valence-electron chi connectivity index (χ3n) is 5.08. The van der Waals surface area contributed by atoms with E-state index in [9.17, 15) is 13.2 Å². The predicted molar refractivity (Wildman–Crippen MR) is 108 cm³/mol. The normalized spacial score (nSPS) is 15.0. The summed E-state index contributed by atoms with van der Waals surface area (Å²) in [6.07, 6.45) is 3.24. The van der Waals surface area contributed by atoms with Crippen molar-refractivity contribution >= 4 is 15.7 Å². The zero-order valence-corrected chi connectivity index (χ0v) is 16.9. The Morgan fingerprint density at radius 3 is 2.44 bits per heavy atom. The Hall–Kier alpha value is -2.14. The van der Waals surface area contributed by atoms with Crippen LogP contribution in [-0.2, 0) is 21.3 Å². The highest BCUT2D eigenvalue weighted by molar-refractivity contribution is 7.89. The molecule has 1 fully saturated rings. The molecule has 0 unspecified atom stereocenters. The highest BCUT2D eigenvalue weighted by Crippen LogP contribution is 2.19. The van der Waals surface area contributed by atoms with Gasteiger partial charge in [-0.3, -0.25) is 4.79 Å². The number of nitrogens with zero attached hydrogens (tertiary/aromatic N) is 1. The Balaban J connectivity index is 1.74. The molecule has 144 valence electrons. The van der Waals surface area contributed by atoms with Crippen molar-refractivity contribution in [3.63, 3.8) is 0 Å². The molecule has 2 aromatic carbocycles. The van der Waals surface area contributed by atoms with Gasteiger partial charge < -0.3 is 4.90 Å². The first-order valence-corrected chi connectivity index (χ1v) is 11.3. The minimum Gasteiger partial charge on any atom is -0.339 e. The Kier molecular flexibility index (Phi) is 6.00. The maximum atomic E-state index is 12.7. The first-order chi connectivity index (χ1) is 12.8. The lowest BCUT2D eigenvalue weighted by Crippen LogP contribution is -2.35. The Morgan fingerprint density at radius 1 is 0.963 bits per heavy atom. The van der Waals surface area contributed by atoms with Gasteiger partial charge in [0.1, 0.15) is 0 Å². The number of likely N-dealkylation sites (tertiary alicyclic amines) is 1. The van der Waals surface area contributed by atoms with Crippen LogP contribution in [0.25, 0.3) is 0 Å². The molecule has 0 N–H and O–H groups in total. The fourth-order valence-corrected chi connectivity index (χ4v) is 5.15. The maximum absolute atomic E-state index is 12.7. The average Bonchev–Trinajstić information content (AvgIpc) is 2.64. The van der Waals surface area contributed by atoms with E-state index in [0.717, 1.165) is 42.6 Å². The molecule has 0 saturated carbocycles. The van der Waals surface area contributed by atoms with Gasteiger partial charge in [0.2, 0.25) is 0 Å². The van der Waals surface area contributed by atoms with Crippen LogP contribution in [0.3, 0.4) is 0 Å². The molecule has 1 heterocycles. The predicted octanol–water partition coefficient (Wildman–Crippen LogP) is 4.04. The van der Waals surface area contributed by atoms with Crippen molar-refractivity contribution in [1.82, 2.24) is 4.90 Å². The van der Waals surface area contributed by atoms with E-state index in [1.54, 1.807) is 24.3 Å². The van der Waals surface area contributed by atoms with Gasteiger partial charge in [0.05, 0.1) is 11.5 Å². The quantitative estimate of drug-likeness (QED) is 0.780. The molecule has 27 heavy (non-hydrogen) atoms. The van der Waals surface area contributed by atoms with Crippen molar-refractivity contribution in [3.05, 3.63) is 70.3 Å². The van der Waals surface area contributed by atoms with Gasteiger partial charge in [-0.2, -0.15) is 0 Å². The number of sulfone groups is 1. The largest absolute Gasteiger partial charge is 0.339 e. The molecular weight excluding hydrogens is 358 g/mol. The molecule has 1 aliphatic rings. The van der Waals surface area contributed by atoms with Gasteiger partial charge in [-0.1, -0.05) is 35.9 Å². The molecule has 1 saturated heterocycles. The summed E-state index contributed by atoms with van der Waals surface area (Å²) in [6, 6.07) is 12.9. The van der Waals surface area contributed by atoms with Crippen molar-refractivity contribution in [3.8, 4) is 0 Å². The summed E-state index contributed by atoms with van der Waals surface area (Å²) in [4.78, 5) is 14.5. The number of carbonyl (C=O) groups is 1. The number of benzene rings is 2. The summed E-state index contributed by atoms with van der Waals surface area (Å²) < 4.78 is 25.4. The summed E-state index contributed by atoms with van der Waals surface area (Å²) in [5.41, 5.74) is 4.13. The van der Waals surface area contributed by atoms with E-state index in [4.69, 9.17) is 0 Å². The Morgan fingerprint density at radius 2 is 1.70 bits per heavy atom. The first kappa shape index (κ1) is 19.6. The number of aryl methyl sites for hydroxylation is 2. The second-order valence-corrected chi connectivity index (χ2v) is 9.58. The van der Waals surface area contributed by atoms with Crippen molar-refractivity contribution in [2.75, 3.05) is 13.1 Å². The van der Waals surface area contributed by atoms with E-state index in [1.807, 2.05) is 36.9 Å². The molecule has 2 aromatic rings. The lowest BCUT2D eigenvalue weighted by molar-refractivity contribution is 0.0724. The van der Waals surface area contributed by atoms with E-state index in [2.05, 4.69) is 0 Å². The van der Waals surface area contributed by atoms with E-state index >= 15 is 0 Å². The van der Waals surface area contributed by atoms with Crippen molar-refractivity contribution in [2.24, 2.45) is 0 Å². The monoisotopic (exact) mass is 385 g/mol. The second-order valence-electron chi connectivity index (χ2n) is 7.52. The van der Waals surface area contributed by atoms with E-state index in [-0.39, 0.29) is 17.4 Å². The molecule has 0 atom stereocenters. The third-order valence-corrected chi connectivity index (χ3v) is 6.61. The lowest BCUT2D eigenvalue weighted by atomic mass is 10.1. The van der Waals surface area contributed by atoms with Gasteiger partial charge in [-0.25, -0.2) is 8.42 Å². The number of carbonyl (C=O) groups excluding carboxylic acids is 1. The van der Waals surface area contributed by atoms with Crippen LogP contribution in [0.1, 0.15) is 51.9 Å². The van der Waals surface area contributed by atoms with Crippen LogP contribution >= 0.6 is 0 Å². The number of rotatable bonds is 5. The average molecular weight is 386 g/mol. The molecule has 0 aliphatic carbocycles. The van der Waals surface area contributed by atoms with E-state index in [1.165, 1.54) is 6.42 Å². The Labute approximate surface area is 162 Å². The topological polar surface area (TPSA) is 54.5 Å². The van der Waals surface area contributed by atoms with Crippen molar-refractivity contribution in [2.45, 2.75) is 44.6 Å². The maximum Gasteiger partial charge on any atom is 0.253 e. The van der Waals surface area contributed by atoms with Crippen LogP contribution in [0.4, 0.5) is 0 Å². The third kappa shape index (κ3) is 5.19. The fraction of sp³-hybridized carbons (Fsp3) is 0.409. The van der Waals surface area contributed by atoms with Crippen LogP contribution in [0.5, 0.6) is 0 Å². The van der Waals surface area contributed by atoms with E-state index < -0.39 is 9.84 Å². The second kappa shape index (κ2) is 8.26. The summed E-state index contributed by atoms with van der Waals surface area (Å²) in [5.74, 6) is -0.0322. The van der Waals surface area contributed by atoms with E-state index in [0.29, 0.717) is 11.1 Å². The molecule has 4 nitrogen and oxygen atoms in total. The minimum absolute atomic E-state index is 0.00322. The van der Waals surface area contributed by atoms with Gasteiger partial charge in [-0.15, -0.1) is 0 Å². The van der Waals surface area contributed by atoms with Crippen LogP contribution in [0, 0.1) is 13.8 Å². The molecular formula is C22H27NO3S. The van der Waals surface area contributed by atoms with Gasteiger partial charge in [0.15, 0.2) is 9.84 Å². The SMILES string of the molecule is Cc1ccc(C)c(CS(=O)(=O)Cc2cccc(C(=O)N3CCCCC3)c2)c1. The zero-order valence-electron chi connectivity index (χ0n) is 16.1. The number of hydrogen-bond donors (Lipinski definition) is 0. The minimum atomic E-state index is -3.32. The van der Waals surface area contributed by atoms with Crippen LogP contribution in [0.2, 0.25) is 0 Å². The molecule has 0 bridgehead atoms. The van der Waals surface area contributed by atoms with Gasteiger partial charge in [-0.05, 0) is 61.9 Å². The van der Waals surface area contributed by atoms with Gasteiger partial charge in [0, 0.05) is 18.7 Å². The summed E-state index contributed by atoms with van der Waals surface area (Å²) in [6.45, 7) is 5.47. The van der Waals surface area contributed by atoms with Crippen LogP contribution in [0.15, 0.2) is 42.5 Å². The summed E-state index contributed by atoms with van der Waals surface area (Å²) >= 11 is 0. The van der Waals surface area contributed by atoms with Crippen molar-refractivity contribution < 1.29 is 13.2 Å². The fourth-order valence-electron chi connectivity index (χ4n) is 3.57. The number of piperidine rings is 1. The highest BCUT2D eigenvalue weighted by Gasteiger charge is 2.20. The molecule has 0 spiro atoms. The summed E-state index contributed by atoms with van der Waals surface area (Å²) in [5, 5.41) is 0. The lowest BCUT2D eigenvalue weighted by Gasteiger charge is -2.26. The molecule has 3 rings (SSSR count). The van der Waals surface area contributed by atoms with Gasteiger partial charge in [0.25, 0.3) is 5.91 Å². The molecule has 5 heteroatoms. The smallest absolute Gasteiger partial charge is 0.253 e. The molecule has 1 aliphatic heterocycles. The van der Waals surface area contributed by atoms with Crippen LogP contribution < -0.4 is 0 Å². The molecule has 0 radical (unpaired) electrons. The Bertz CT molecular complexity index is 928.